The molecule has 78 valence electrons. The van der Waals surface area contributed by atoms with E-state index in [9.17, 15) is 4.79 Å². The van der Waals surface area contributed by atoms with Gasteiger partial charge in [0.1, 0.15) is 5.56 Å². The Labute approximate surface area is 90.0 Å². The van der Waals surface area contributed by atoms with Gasteiger partial charge >= 0.3 is 5.97 Å². The highest BCUT2D eigenvalue weighted by molar-refractivity contribution is 7.09. The fourth-order valence-electron chi connectivity index (χ4n) is 1.29. The minimum absolute atomic E-state index is 0.250. The summed E-state index contributed by atoms with van der Waals surface area (Å²) in [7, 11) is 0. The van der Waals surface area contributed by atoms with Gasteiger partial charge in [-0.2, -0.15) is 5.10 Å². The summed E-state index contributed by atoms with van der Waals surface area (Å²) >= 11 is 1.52. The zero-order valence-corrected chi connectivity index (χ0v) is 8.86. The fraction of sp³-hybridized carbons (Fsp3) is 0.222. The molecule has 0 fully saturated rings. The van der Waals surface area contributed by atoms with E-state index in [0.29, 0.717) is 12.2 Å². The molecule has 0 unspecified atom stereocenters. The van der Waals surface area contributed by atoms with Crippen LogP contribution in [0.2, 0.25) is 0 Å². The van der Waals surface area contributed by atoms with Crippen LogP contribution in [0, 0.1) is 6.92 Å². The summed E-state index contributed by atoms with van der Waals surface area (Å²) in [4.78, 5) is 15.8. The lowest BCUT2D eigenvalue weighted by Gasteiger charge is -1.95. The van der Waals surface area contributed by atoms with Gasteiger partial charge in [-0.05, 0) is 6.92 Å². The number of carbonyl (C=O) groups is 1. The second-order valence-corrected chi connectivity index (χ2v) is 4.07. The van der Waals surface area contributed by atoms with Crippen molar-refractivity contribution in [2.45, 2.75) is 13.5 Å². The Morgan fingerprint density at radius 1 is 1.67 bits per heavy atom. The Kier molecular flexibility index (Phi) is 2.51. The minimum Gasteiger partial charge on any atom is -0.478 e. The zero-order valence-electron chi connectivity index (χ0n) is 8.04. The van der Waals surface area contributed by atoms with E-state index < -0.39 is 5.97 Å². The number of aromatic carboxylic acids is 1. The molecular formula is C9H9N3O2S. The van der Waals surface area contributed by atoms with Crippen molar-refractivity contribution in [1.29, 1.82) is 0 Å². The SMILES string of the molecule is Cc1nn(Cc2cncs2)cc1C(=O)O. The van der Waals surface area contributed by atoms with Gasteiger partial charge < -0.3 is 5.11 Å². The van der Waals surface area contributed by atoms with Crippen LogP contribution in [0.15, 0.2) is 17.9 Å². The Morgan fingerprint density at radius 2 is 2.47 bits per heavy atom. The first-order valence-corrected chi connectivity index (χ1v) is 5.19. The average molecular weight is 223 g/mol. The molecule has 2 rings (SSSR count). The van der Waals surface area contributed by atoms with Crippen molar-refractivity contribution in [3.05, 3.63) is 34.0 Å². The fourth-order valence-corrected chi connectivity index (χ4v) is 1.87. The van der Waals surface area contributed by atoms with Gasteiger partial charge in [0.2, 0.25) is 0 Å². The van der Waals surface area contributed by atoms with Crippen LogP contribution >= 0.6 is 11.3 Å². The molecule has 0 amide bonds. The predicted molar refractivity (Wildman–Crippen MR) is 55.1 cm³/mol. The van der Waals surface area contributed by atoms with E-state index in [2.05, 4.69) is 10.1 Å². The first-order chi connectivity index (χ1) is 7.16. The molecule has 0 bridgehead atoms. The monoisotopic (exact) mass is 223 g/mol. The maximum absolute atomic E-state index is 10.8. The van der Waals surface area contributed by atoms with Gasteiger partial charge in [0.25, 0.3) is 0 Å². The van der Waals surface area contributed by atoms with Crippen molar-refractivity contribution < 1.29 is 9.90 Å². The molecule has 0 aliphatic carbocycles. The summed E-state index contributed by atoms with van der Waals surface area (Å²) in [6.45, 7) is 2.26. The number of nitrogens with zero attached hydrogens (tertiary/aromatic N) is 3. The van der Waals surface area contributed by atoms with Crippen LogP contribution in [0.25, 0.3) is 0 Å². The topological polar surface area (TPSA) is 68.0 Å². The molecular weight excluding hydrogens is 214 g/mol. The molecule has 0 aromatic carbocycles. The number of carboxylic acid groups (broad SMARTS) is 1. The lowest BCUT2D eigenvalue weighted by atomic mass is 10.3. The van der Waals surface area contributed by atoms with Crippen LogP contribution in [-0.4, -0.2) is 25.8 Å². The van der Waals surface area contributed by atoms with E-state index in [4.69, 9.17) is 5.11 Å². The lowest BCUT2D eigenvalue weighted by Crippen LogP contribution is -1.98. The molecule has 1 N–H and O–H groups in total. The summed E-state index contributed by atoms with van der Waals surface area (Å²) in [5.41, 5.74) is 2.52. The third kappa shape index (κ3) is 2.04. The Balaban J connectivity index is 2.23. The molecule has 5 nitrogen and oxygen atoms in total. The number of hydrogen-bond acceptors (Lipinski definition) is 4. The molecule has 2 aromatic rings. The highest BCUT2D eigenvalue weighted by Crippen LogP contribution is 2.10. The molecule has 15 heavy (non-hydrogen) atoms. The summed E-state index contributed by atoms with van der Waals surface area (Å²) < 4.78 is 1.62. The van der Waals surface area contributed by atoms with Crippen molar-refractivity contribution in [3.63, 3.8) is 0 Å². The molecule has 0 aliphatic heterocycles. The van der Waals surface area contributed by atoms with Crippen LogP contribution in [-0.2, 0) is 6.54 Å². The maximum atomic E-state index is 10.8. The summed E-state index contributed by atoms with van der Waals surface area (Å²) in [6.07, 6.45) is 3.29. The van der Waals surface area contributed by atoms with Crippen molar-refractivity contribution in [2.24, 2.45) is 0 Å². The highest BCUT2D eigenvalue weighted by Gasteiger charge is 2.11. The maximum Gasteiger partial charge on any atom is 0.339 e. The van der Waals surface area contributed by atoms with E-state index >= 15 is 0 Å². The van der Waals surface area contributed by atoms with Gasteiger partial charge in [0, 0.05) is 17.3 Å². The molecule has 0 saturated carbocycles. The number of hydrogen-bond donors (Lipinski definition) is 1. The molecule has 2 heterocycles. The van der Waals surface area contributed by atoms with Gasteiger partial charge in [0.15, 0.2) is 0 Å². The van der Waals surface area contributed by atoms with Gasteiger partial charge in [-0.25, -0.2) is 4.79 Å². The van der Waals surface area contributed by atoms with Crippen LogP contribution in [0.5, 0.6) is 0 Å². The van der Waals surface area contributed by atoms with Gasteiger partial charge in [-0.1, -0.05) is 0 Å². The molecule has 0 radical (unpaired) electrons. The lowest BCUT2D eigenvalue weighted by molar-refractivity contribution is 0.0696. The molecule has 0 aliphatic rings. The van der Waals surface area contributed by atoms with Gasteiger partial charge in [-0.3, -0.25) is 9.67 Å². The highest BCUT2D eigenvalue weighted by atomic mass is 32.1. The third-order valence-corrected chi connectivity index (χ3v) is 2.74. The molecule has 0 saturated heterocycles. The van der Waals surface area contributed by atoms with Crippen molar-refractivity contribution >= 4 is 17.3 Å². The molecule has 0 atom stereocenters. The first kappa shape index (κ1) is 9.85. The summed E-state index contributed by atoms with van der Waals surface area (Å²) in [5.74, 6) is -0.942. The average Bonchev–Trinajstić information content (AvgIpc) is 2.75. The standard InChI is InChI=1S/C9H9N3O2S/c1-6-8(9(13)14)4-12(11-6)3-7-2-10-5-15-7/h2,4-5H,3H2,1H3,(H,13,14). The van der Waals surface area contributed by atoms with Crippen molar-refractivity contribution in [3.8, 4) is 0 Å². The Bertz CT molecular complexity index is 476. The van der Waals surface area contributed by atoms with Crippen LogP contribution in [0.1, 0.15) is 20.9 Å². The quantitative estimate of drug-likeness (QED) is 0.853. The van der Waals surface area contributed by atoms with Crippen molar-refractivity contribution in [1.82, 2.24) is 14.8 Å². The largest absolute Gasteiger partial charge is 0.478 e. The van der Waals surface area contributed by atoms with Crippen LogP contribution < -0.4 is 0 Å². The smallest absolute Gasteiger partial charge is 0.339 e. The summed E-state index contributed by atoms with van der Waals surface area (Å²) in [6, 6.07) is 0. The van der Waals surface area contributed by atoms with E-state index in [1.54, 1.807) is 23.3 Å². The second kappa shape index (κ2) is 3.82. The molecule has 2 aromatic heterocycles. The number of aryl methyl sites for hydroxylation is 1. The van der Waals surface area contributed by atoms with E-state index in [1.165, 1.54) is 17.5 Å². The van der Waals surface area contributed by atoms with E-state index in [1.807, 2.05) is 0 Å². The normalized spacial score (nSPS) is 10.5. The van der Waals surface area contributed by atoms with Gasteiger partial charge in [-0.15, -0.1) is 11.3 Å². The predicted octanol–water partition coefficient (Wildman–Crippen LogP) is 1.39. The van der Waals surface area contributed by atoms with Crippen molar-refractivity contribution in [2.75, 3.05) is 0 Å². The minimum atomic E-state index is -0.942. The molecule has 0 spiro atoms. The number of carboxylic acids is 1. The Morgan fingerprint density at radius 3 is 3.00 bits per heavy atom. The number of thiazole rings is 1. The van der Waals surface area contributed by atoms with E-state index in [0.717, 1.165) is 4.88 Å². The molecule has 6 heteroatoms. The number of aromatic nitrogens is 3. The number of rotatable bonds is 3. The third-order valence-electron chi connectivity index (χ3n) is 1.98. The Hall–Kier alpha value is -1.69. The van der Waals surface area contributed by atoms with Crippen LogP contribution in [0.3, 0.4) is 0 Å². The second-order valence-electron chi connectivity index (χ2n) is 3.10. The van der Waals surface area contributed by atoms with Gasteiger partial charge in [0.05, 0.1) is 17.7 Å². The first-order valence-electron chi connectivity index (χ1n) is 4.31. The summed E-state index contributed by atoms with van der Waals surface area (Å²) in [5, 5.41) is 13.0. The van der Waals surface area contributed by atoms with E-state index in [-0.39, 0.29) is 5.56 Å². The van der Waals surface area contributed by atoms with Crippen LogP contribution in [0.4, 0.5) is 0 Å². The zero-order chi connectivity index (χ0) is 10.8.